The smallest absolute Gasteiger partial charge is 0.317 e. The molecule has 0 aromatic heterocycles. The molecule has 1 saturated carbocycles. The third-order valence-corrected chi connectivity index (χ3v) is 2.39. The van der Waals surface area contributed by atoms with Crippen molar-refractivity contribution in [3.8, 4) is 0 Å². The van der Waals surface area contributed by atoms with Crippen LogP contribution in [0.3, 0.4) is 0 Å². The lowest BCUT2D eigenvalue weighted by atomic mass is 9.98. The molecule has 0 spiro atoms. The maximum absolute atomic E-state index is 10.5. The van der Waals surface area contributed by atoms with Crippen LogP contribution in [0.4, 0.5) is 0 Å². The number of rotatable bonds is 2. The van der Waals surface area contributed by atoms with E-state index in [1.54, 1.807) is 13.8 Å². The standard InChI is InChI=1S/C7H10O3/c1-6(2)3-7(6,4-8)5(9)10/h4H,3H2,1-2H3,(H,9,10). The highest BCUT2D eigenvalue weighted by Crippen LogP contribution is 2.61. The highest BCUT2D eigenvalue weighted by atomic mass is 16.4. The summed E-state index contributed by atoms with van der Waals surface area (Å²) in [6, 6.07) is 0. The molecule has 1 N–H and O–H groups in total. The fourth-order valence-electron chi connectivity index (χ4n) is 1.27. The number of aldehydes is 1. The van der Waals surface area contributed by atoms with Crippen LogP contribution in [0.15, 0.2) is 0 Å². The Hall–Kier alpha value is -0.860. The minimum atomic E-state index is -1.08. The molecule has 1 aliphatic rings. The number of carboxylic acids is 1. The summed E-state index contributed by atoms with van der Waals surface area (Å²) in [5.74, 6) is -0.993. The molecule has 0 saturated heterocycles. The lowest BCUT2D eigenvalue weighted by molar-refractivity contribution is -0.146. The maximum atomic E-state index is 10.5. The average molecular weight is 142 g/mol. The van der Waals surface area contributed by atoms with Gasteiger partial charge >= 0.3 is 5.97 Å². The molecule has 0 amide bonds. The highest BCUT2D eigenvalue weighted by Gasteiger charge is 2.67. The largest absolute Gasteiger partial charge is 0.480 e. The summed E-state index contributed by atoms with van der Waals surface area (Å²) in [6.45, 7) is 3.57. The van der Waals surface area contributed by atoms with E-state index < -0.39 is 11.4 Å². The summed E-state index contributed by atoms with van der Waals surface area (Å²) >= 11 is 0. The van der Waals surface area contributed by atoms with E-state index in [0.717, 1.165) is 0 Å². The zero-order chi connectivity index (χ0) is 7.99. The second-order valence-electron chi connectivity index (χ2n) is 3.46. The summed E-state index contributed by atoms with van der Waals surface area (Å²) in [5.41, 5.74) is -1.41. The van der Waals surface area contributed by atoms with Gasteiger partial charge in [0.2, 0.25) is 0 Å². The molecule has 1 aliphatic carbocycles. The van der Waals surface area contributed by atoms with Gasteiger partial charge in [-0.05, 0) is 11.8 Å². The van der Waals surface area contributed by atoms with Gasteiger partial charge in [0.05, 0.1) is 0 Å². The van der Waals surface area contributed by atoms with Gasteiger partial charge in [0.15, 0.2) is 0 Å². The van der Waals surface area contributed by atoms with Crippen LogP contribution >= 0.6 is 0 Å². The lowest BCUT2D eigenvalue weighted by Crippen LogP contribution is -2.21. The molecular formula is C7H10O3. The average Bonchev–Trinajstić information content (AvgIpc) is 2.35. The van der Waals surface area contributed by atoms with Crippen molar-refractivity contribution in [2.75, 3.05) is 0 Å². The van der Waals surface area contributed by atoms with Crippen LogP contribution < -0.4 is 0 Å². The Kier molecular flexibility index (Phi) is 1.15. The molecule has 0 aromatic rings. The fraction of sp³-hybridized carbons (Fsp3) is 0.714. The molecule has 3 nitrogen and oxygen atoms in total. The predicted molar refractivity (Wildman–Crippen MR) is 34.5 cm³/mol. The van der Waals surface area contributed by atoms with E-state index >= 15 is 0 Å². The van der Waals surface area contributed by atoms with Crippen molar-refractivity contribution in [3.63, 3.8) is 0 Å². The van der Waals surface area contributed by atoms with Crippen molar-refractivity contribution >= 4 is 12.3 Å². The first kappa shape index (κ1) is 7.25. The van der Waals surface area contributed by atoms with Crippen LogP contribution in [-0.4, -0.2) is 17.4 Å². The Morgan fingerprint density at radius 2 is 2.00 bits per heavy atom. The van der Waals surface area contributed by atoms with Crippen LogP contribution in [0.25, 0.3) is 0 Å². The Labute approximate surface area is 59.0 Å². The van der Waals surface area contributed by atoms with Crippen LogP contribution in [0.2, 0.25) is 0 Å². The number of hydrogen-bond acceptors (Lipinski definition) is 2. The quantitative estimate of drug-likeness (QED) is 0.455. The molecule has 1 rings (SSSR count). The highest BCUT2D eigenvalue weighted by molar-refractivity contribution is 5.97. The minimum absolute atomic E-state index is 0.333. The molecule has 1 atom stereocenters. The molecule has 0 aliphatic heterocycles. The molecular weight excluding hydrogens is 132 g/mol. The second kappa shape index (κ2) is 1.59. The van der Waals surface area contributed by atoms with Crippen molar-refractivity contribution in [2.24, 2.45) is 10.8 Å². The van der Waals surface area contributed by atoms with Crippen molar-refractivity contribution in [1.29, 1.82) is 0 Å². The molecule has 10 heavy (non-hydrogen) atoms. The number of carbonyl (C=O) groups is 2. The summed E-state index contributed by atoms with van der Waals surface area (Å²) in [7, 11) is 0. The van der Waals surface area contributed by atoms with Gasteiger partial charge < -0.3 is 9.90 Å². The monoisotopic (exact) mass is 142 g/mol. The molecule has 0 aromatic carbocycles. The van der Waals surface area contributed by atoms with Crippen LogP contribution in [0.5, 0.6) is 0 Å². The van der Waals surface area contributed by atoms with Crippen molar-refractivity contribution in [3.05, 3.63) is 0 Å². The number of hydrogen-bond donors (Lipinski definition) is 1. The van der Waals surface area contributed by atoms with Crippen LogP contribution in [-0.2, 0) is 9.59 Å². The van der Waals surface area contributed by atoms with Gasteiger partial charge in [0, 0.05) is 0 Å². The van der Waals surface area contributed by atoms with Crippen LogP contribution in [0.1, 0.15) is 20.3 Å². The molecule has 3 heteroatoms. The summed E-state index contributed by atoms with van der Waals surface area (Å²) in [5, 5.41) is 8.61. The topological polar surface area (TPSA) is 54.4 Å². The second-order valence-corrected chi connectivity index (χ2v) is 3.46. The third-order valence-electron chi connectivity index (χ3n) is 2.39. The van der Waals surface area contributed by atoms with E-state index in [1.807, 2.05) is 0 Å². The van der Waals surface area contributed by atoms with E-state index in [-0.39, 0.29) is 5.41 Å². The first-order valence-electron chi connectivity index (χ1n) is 3.16. The Balaban J connectivity index is 2.88. The third kappa shape index (κ3) is 0.602. The Morgan fingerprint density at radius 3 is 2.00 bits per heavy atom. The van der Waals surface area contributed by atoms with E-state index in [4.69, 9.17) is 5.11 Å². The summed E-state index contributed by atoms with van der Waals surface area (Å²) < 4.78 is 0. The molecule has 56 valence electrons. The molecule has 0 radical (unpaired) electrons. The van der Waals surface area contributed by atoms with Crippen LogP contribution in [0, 0.1) is 10.8 Å². The minimum Gasteiger partial charge on any atom is -0.480 e. The van der Waals surface area contributed by atoms with Gasteiger partial charge in [-0.3, -0.25) is 4.79 Å². The van der Waals surface area contributed by atoms with Gasteiger partial charge in [-0.15, -0.1) is 0 Å². The first-order valence-corrected chi connectivity index (χ1v) is 3.16. The summed E-state index contributed by atoms with van der Waals surface area (Å²) in [4.78, 5) is 20.9. The number of aliphatic carboxylic acids is 1. The van der Waals surface area contributed by atoms with Crippen molar-refractivity contribution < 1.29 is 14.7 Å². The van der Waals surface area contributed by atoms with E-state index in [9.17, 15) is 9.59 Å². The SMILES string of the molecule is CC1(C)CC1(C=O)C(=O)O. The van der Waals surface area contributed by atoms with E-state index in [1.165, 1.54) is 0 Å². The van der Waals surface area contributed by atoms with Crippen molar-refractivity contribution in [1.82, 2.24) is 0 Å². The summed E-state index contributed by atoms with van der Waals surface area (Å²) in [6.07, 6.45) is 1.02. The van der Waals surface area contributed by atoms with Gasteiger partial charge in [-0.1, -0.05) is 13.8 Å². The lowest BCUT2D eigenvalue weighted by Gasteiger charge is -2.05. The zero-order valence-electron chi connectivity index (χ0n) is 6.05. The Morgan fingerprint density at radius 1 is 1.60 bits per heavy atom. The zero-order valence-corrected chi connectivity index (χ0v) is 6.05. The van der Waals surface area contributed by atoms with E-state index in [2.05, 4.69) is 0 Å². The van der Waals surface area contributed by atoms with Gasteiger partial charge in [0.1, 0.15) is 11.7 Å². The number of carboxylic acid groups (broad SMARTS) is 1. The molecule has 1 fully saturated rings. The maximum Gasteiger partial charge on any atom is 0.317 e. The normalized spacial score (nSPS) is 35.0. The fourth-order valence-corrected chi connectivity index (χ4v) is 1.27. The molecule has 0 bridgehead atoms. The van der Waals surface area contributed by atoms with Gasteiger partial charge in [-0.25, -0.2) is 0 Å². The van der Waals surface area contributed by atoms with E-state index in [0.29, 0.717) is 12.7 Å². The number of carbonyl (C=O) groups excluding carboxylic acids is 1. The van der Waals surface area contributed by atoms with Gasteiger partial charge in [0.25, 0.3) is 0 Å². The molecule has 0 heterocycles. The van der Waals surface area contributed by atoms with Gasteiger partial charge in [-0.2, -0.15) is 0 Å². The first-order chi connectivity index (χ1) is 4.46. The van der Waals surface area contributed by atoms with Crippen molar-refractivity contribution in [2.45, 2.75) is 20.3 Å². The predicted octanol–water partition coefficient (Wildman–Crippen LogP) is 0.686. The molecule has 1 unspecified atom stereocenters. The Bertz CT molecular complexity index is 195.